The highest BCUT2D eigenvalue weighted by Gasteiger charge is 2.22. The van der Waals surface area contributed by atoms with Crippen LogP contribution >= 0.6 is 0 Å². The second-order valence-corrected chi connectivity index (χ2v) is 5.55. The lowest BCUT2D eigenvalue weighted by Crippen LogP contribution is -2.39. The van der Waals surface area contributed by atoms with Crippen LogP contribution in [0, 0.1) is 11.8 Å². The molecule has 3 atom stereocenters. The monoisotopic (exact) mass is 209 g/mol. The van der Waals surface area contributed by atoms with Gasteiger partial charge in [0.05, 0.1) is 0 Å². The Bertz CT molecular complexity index is 186. The first-order chi connectivity index (χ1) is 7.11. The predicted octanol–water partition coefficient (Wildman–Crippen LogP) is 3.76. The van der Waals surface area contributed by atoms with Gasteiger partial charge < -0.3 is 5.32 Å². The zero-order valence-electron chi connectivity index (χ0n) is 10.6. The molecule has 0 radical (unpaired) electrons. The molecule has 0 saturated heterocycles. The third-order valence-corrected chi connectivity index (χ3v) is 3.44. The minimum absolute atomic E-state index is 0.466. The average Bonchev–Trinajstić information content (AvgIpc) is 2.17. The van der Waals surface area contributed by atoms with Gasteiger partial charge in [-0.3, -0.25) is 0 Å². The van der Waals surface area contributed by atoms with E-state index in [0.717, 1.165) is 17.9 Å². The molecular weight excluding hydrogens is 182 g/mol. The lowest BCUT2D eigenvalue weighted by Gasteiger charge is -2.32. The van der Waals surface area contributed by atoms with E-state index in [-0.39, 0.29) is 0 Å². The van der Waals surface area contributed by atoms with Gasteiger partial charge in [-0.1, -0.05) is 32.8 Å². The summed E-state index contributed by atoms with van der Waals surface area (Å²) in [4.78, 5) is 0. The van der Waals surface area contributed by atoms with Crippen LogP contribution in [-0.2, 0) is 0 Å². The number of nitrogens with one attached hydrogen (secondary N) is 1. The van der Waals surface area contributed by atoms with Gasteiger partial charge in [0.25, 0.3) is 0 Å². The van der Waals surface area contributed by atoms with Crippen LogP contribution in [0.15, 0.2) is 12.7 Å². The zero-order chi connectivity index (χ0) is 11.3. The van der Waals surface area contributed by atoms with E-state index in [9.17, 15) is 0 Å². The van der Waals surface area contributed by atoms with Gasteiger partial charge in [-0.15, -0.1) is 6.58 Å². The number of hydrogen-bond donors (Lipinski definition) is 1. The van der Waals surface area contributed by atoms with E-state index < -0.39 is 0 Å². The van der Waals surface area contributed by atoms with Gasteiger partial charge in [0.1, 0.15) is 0 Å². The molecule has 0 heterocycles. The van der Waals surface area contributed by atoms with Crippen molar-refractivity contribution in [1.82, 2.24) is 5.32 Å². The first kappa shape index (κ1) is 12.8. The second kappa shape index (κ2) is 6.32. The summed E-state index contributed by atoms with van der Waals surface area (Å²) in [5, 5.41) is 3.65. The molecule has 88 valence electrons. The molecule has 0 aromatic rings. The molecule has 0 aromatic carbocycles. The third-order valence-electron chi connectivity index (χ3n) is 3.44. The molecule has 1 fully saturated rings. The van der Waals surface area contributed by atoms with Crippen LogP contribution in [0.25, 0.3) is 0 Å². The Morgan fingerprint density at radius 2 is 2.07 bits per heavy atom. The maximum Gasteiger partial charge on any atom is 0.0221 e. The smallest absolute Gasteiger partial charge is 0.0221 e. The number of rotatable bonds is 5. The third kappa shape index (κ3) is 4.83. The topological polar surface area (TPSA) is 12.0 Å². The highest BCUT2D eigenvalue weighted by Crippen LogP contribution is 2.29. The summed E-state index contributed by atoms with van der Waals surface area (Å²) in [5.41, 5.74) is 0. The molecule has 0 amide bonds. The van der Waals surface area contributed by atoms with Crippen LogP contribution in [-0.4, -0.2) is 12.1 Å². The van der Waals surface area contributed by atoms with Crippen molar-refractivity contribution in [3.8, 4) is 0 Å². The van der Waals surface area contributed by atoms with Gasteiger partial charge in [-0.25, -0.2) is 0 Å². The van der Waals surface area contributed by atoms with E-state index in [1.54, 1.807) is 0 Å². The fraction of sp³-hybridized carbons (Fsp3) is 0.857. The van der Waals surface area contributed by atoms with E-state index in [0.29, 0.717) is 6.04 Å². The fourth-order valence-corrected chi connectivity index (χ4v) is 2.76. The van der Waals surface area contributed by atoms with Crippen LogP contribution in [0.3, 0.4) is 0 Å². The molecule has 1 rings (SSSR count). The first-order valence-corrected chi connectivity index (χ1v) is 6.50. The van der Waals surface area contributed by atoms with Crippen molar-refractivity contribution in [3.63, 3.8) is 0 Å². The Morgan fingerprint density at radius 1 is 1.33 bits per heavy atom. The van der Waals surface area contributed by atoms with Crippen molar-refractivity contribution < 1.29 is 0 Å². The van der Waals surface area contributed by atoms with Crippen molar-refractivity contribution in [2.24, 2.45) is 11.8 Å². The van der Waals surface area contributed by atoms with Crippen LogP contribution in [0.1, 0.15) is 52.9 Å². The standard InChI is InChI=1S/C14H27N/c1-5-12(4)15-14-8-6-7-13(10-14)9-11(2)3/h5,11-15H,1,6-10H2,2-4H3. The molecule has 0 bridgehead atoms. The molecule has 1 aliphatic carbocycles. The zero-order valence-corrected chi connectivity index (χ0v) is 10.6. The van der Waals surface area contributed by atoms with E-state index in [1.165, 1.54) is 32.1 Å². The lowest BCUT2D eigenvalue weighted by atomic mass is 9.81. The van der Waals surface area contributed by atoms with Gasteiger partial charge in [-0.2, -0.15) is 0 Å². The van der Waals surface area contributed by atoms with Crippen LogP contribution in [0.4, 0.5) is 0 Å². The van der Waals surface area contributed by atoms with Gasteiger partial charge >= 0.3 is 0 Å². The normalized spacial score (nSPS) is 29.1. The SMILES string of the molecule is C=CC(C)NC1CCCC(CC(C)C)C1. The largest absolute Gasteiger partial charge is 0.308 e. The maximum absolute atomic E-state index is 3.83. The van der Waals surface area contributed by atoms with Crippen molar-refractivity contribution in [2.45, 2.75) is 65.0 Å². The number of hydrogen-bond acceptors (Lipinski definition) is 1. The molecule has 1 saturated carbocycles. The Hall–Kier alpha value is -0.300. The average molecular weight is 209 g/mol. The van der Waals surface area contributed by atoms with E-state index in [4.69, 9.17) is 0 Å². The van der Waals surface area contributed by atoms with Crippen LogP contribution in [0.5, 0.6) is 0 Å². The molecule has 1 nitrogen and oxygen atoms in total. The molecule has 0 aromatic heterocycles. The molecule has 1 heteroatoms. The summed E-state index contributed by atoms with van der Waals surface area (Å²) in [6.45, 7) is 10.7. The predicted molar refractivity (Wildman–Crippen MR) is 68.0 cm³/mol. The molecule has 1 aliphatic rings. The van der Waals surface area contributed by atoms with Crippen molar-refractivity contribution >= 4 is 0 Å². The summed E-state index contributed by atoms with van der Waals surface area (Å²) >= 11 is 0. The molecular formula is C14H27N. The summed E-state index contributed by atoms with van der Waals surface area (Å²) in [7, 11) is 0. The summed E-state index contributed by atoms with van der Waals surface area (Å²) < 4.78 is 0. The highest BCUT2D eigenvalue weighted by molar-refractivity contribution is 4.87. The minimum atomic E-state index is 0.466. The van der Waals surface area contributed by atoms with E-state index >= 15 is 0 Å². The molecule has 0 spiro atoms. The maximum atomic E-state index is 3.83. The Balaban J connectivity index is 2.31. The summed E-state index contributed by atoms with van der Waals surface area (Å²) in [5.74, 6) is 1.80. The molecule has 15 heavy (non-hydrogen) atoms. The Morgan fingerprint density at radius 3 is 2.67 bits per heavy atom. The fourth-order valence-electron chi connectivity index (χ4n) is 2.76. The van der Waals surface area contributed by atoms with E-state index in [2.05, 4.69) is 32.7 Å². The van der Waals surface area contributed by atoms with Gasteiger partial charge in [0.2, 0.25) is 0 Å². The van der Waals surface area contributed by atoms with Crippen molar-refractivity contribution in [1.29, 1.82) is 0 Å². The van der Waals surface area contributed by atoms with Crippen molar-refractivity contribution in [3.05, 3.63) is 12.7 Å². The van der Waals surface area contributed by atoms with Crippen molar-refractivity contribution in [2.75, 3.05) is 0 Å². The molecule has 1 N–H and O–H groups in total. The second-order valence-electron chi connectivity index (χ2n) is 5.55. The quantitative estimate of drug-likeness (QED) is 0.680. The van der Waals surface area contributed by atoms with Crippen LogP contribution in [0.2, 0.25) is 0 Å². The van der Waals surface area contributed by atoms with Gasteiger partial charge in [-0.05, 0) is 38.0 Å². The minimum Gasteiger partial charge on any atom is -0.308 e. The lowest BCUT2D eigenvalue weighted by molar-refractivity contribution is 0.248. The summed E-state index contributed by atoms with van der Waals surface area (Å²) in [6, 6.07) is 1.20. The Kier molecular flexibility index (Phi) is 5.38. The highest BCUT2D eigenvalue weighted by atomic mass is 14.9. The molecule has 0 aliphatic heterocycles. The first-order valence-electron chi connectivity index (χ1n) is 6.50. The molecule has 3 unspecified atom stereocenters. The van der Waals surface area contributed by atoms with Gasteiger partial charge in [0, 0.05) is 12.1 Å². The van der Waals surface area contributed by atoms with Gasteiger partial charge in [0.15, 0.2) is 0 Å². The van der Waals surface area contributed by atoms with Crippen LogP contribution < -0.4 is 5.32 Å². The summed E-state index contributed by atoms with van der Waals surface area (Å²) in [6.07, 6.45) is 8.98. The van der Waals surface area contributed by atoms with E-state index in [1.807, 2.05) is 6.08 Å². The Labute approximate surface area is 95.3 Å².